The van der Waals surface area contributed by atoms with Crippen LogP contribution in [0.1, 0.15) is 33.6 Å². The molecule has 168 valence electrons. The molecule has 0 spiro atoms. The second-order valence-corrected chi connectivity index (χ2v) is 8.53. The molecule has 0 bridgehead atoms. The summed E-state index contributed by atoms with van der Waals surface area (Å²) in [6, 6.07) is 15.6. The van der Waals surface area contributed by atoms with Crippen LogP contribution in [0.25, 0.3) is 5.69 Å². The van der Waals surface area contributed by atoms with E-state index in [-0.39, 0.29) is 18.4 Å². The number of rotatable bonds is 9. The van der Waals surface area contributed by atoms with E-state index in [0.29, 0.717) is 28.9 Å². The van der Waals surface area contributed by atoms with E-state index in [1.54, 1.807) is 64.7 Å². The van der Waals surface area contributed by atoms with E-state index < -0.39 is 5.82 Å². The summed E-state index contributed by atoms with van der Waals surface area (Å²) in [5.41, 5.74) is 2.02. The maximum atomic E-state index is 14.4. The van der Waals surface area contributed by atoms with Crippen molar-refractivity contribution in [1.82, 2.24) is 14.9 Å². The standard InChI is InChI=1S/C25H23FN4O2S/c26-22-14-18(9-10-23(22)30-12-11-27-17-30)16-28-25(32)19-4-1-5-20(15-19)29-24(31)8-2-6-21-7-3-13-33-21/h1,3-5,7,9-15,17H,2,6,8,16H2,(H,28,32)(H,29,31). The van der Waals surface area contributed by atoms with Crippen LogP contribution in [-0.2, 0) is 17.8 Å². The lowest BCUT2D eigenvalue weighted by molar-refractivity contribution is -0.116. The average molecular weight is 463 g/mol. The smallest absolute Gasteiger partial charge is 0.251 e. The monoisotopic (exact) mass is 462 g/mol. The predicted octanol–water partition coefficient (Wildman–Crippen LogP) is 4.96. The molecule has 0 atom stereocenters. The molecule has 0 unspecified atom stereocenters. The fourth-order valence-corrected chi connectivity index (χ4v) is 4.15. The van der Waals surface area contributed by atoms with Crippen LogP contribution < -0.4 is 10.6 Å². The fourth-order valence-electron chi connectivity index (χ4n) is 3.40. The molecule has 33 heavy (non-hydrogen) atoms. The summed E-state index contributed by atoms with van der Waals surface area (Å²) < 4.78 is 16.0. The van der Waals surface area contributed by atoms with Crippen LogP contribution in [0, 0.1) is 5.82 Å². The first-order valence-electron chi connectivity index (χ1n) is 10.6. The van der Waals surface area contributed by atoms with E-state index in [4.69, 9.17) is 0 Å². The van der Waals surface area contributed by atoms with Gasteiger partial charge in [0.15, 0.2) is 0 Å². The number of thiophene rings is 1. The van der Waals surface area contributed by atoms with E-state index in [2.05, 4.69) is 21.7 Å². The number of halogens is 1. The molecule has 0 aliphatic carbocycles. The van der Waals surface area contributed by atoms with Gasteiger partial charge in [0.05, 0.1) is 12.0 Å². The third-order valence-corrected chi connectivity index (χ3v) is 6.00. The van der Waals surface area contributed by atoms with Crippen LogP contribution in [0.5, 0.6) is 0 Å². The lowest BCUT2D eigenvalue weighted by Gasteiger charge is -2.10. The van der Waals surface area contributed by atoms with Gasteiger partial charge in [-0.3, -0.25) is 9.59 Å². The zero-order chi connectivity index (χ0) is 23.0. The Balaban J connectivity index is 1.29. The average Bonchev–Trinajstić information content (AvgIpc) is 3.52. The number of nitrogens with one attached hydrogen (secondary N) is 2. The summed E-state index contributed by atoms with van der Waals surface area (Å²) >= 11 is 1.69. The second-order valence-electron chi connectivity index (χ2n) is 7.50. The van der Waals surface area contributed by atoms with Gasteiger partial charge in [0.25, 0.3) is 5.91 Å². The molecule has 0 saturated heterocycles. The molecule has 4 aromatic rings. The van der Waals surface area contributed by atoms with Gasteiger partial charge in [0.2, 0.25) is 5.91 Å². The first-order valence-corrected chi connectivity index (χ1v) is 11.4. The van der Waals surface area contributed by atoms with Gasteiger partial charge in [0, 0.05) is 41.5 Å². The maximum Gasteiger partial charge on any atom is 0.251 e. The lowest BCUT2D eigenvalue weighted by atomic mass is 10.1. The topological polar surface area (TPSA) is 76.0 Å². The third-order valence-electron chi connectivity index (χ3n) is 5.06. The molecule has 6 nitrogen and oxygen atoms in total. The maximum absolute atomic E-state index is 14.4. The van der Waals surface area contributed by atoms with Crippen LogP contribution in [0.4, 0.5) is 10.1 Å². The Morgan fingerprint density at radius 3 is 2.76 bits per heavy atom. The van der Waals surface area contributed by atoms with Gasteiger partial charge in [-0.1, -0.05) is 18.2 Å². The van der Waals surface area contributed by atoms with E-state index >= 15 is 0 Å². The number of imidazole rings is 1. The summed E-state index contributed by atoms with van der Waals surface area (Å²) in [5.74, 6) is -0.788. The van der Waals surface area contributed by atoms with Crippen molar-refractivity contribution in [2.24, 2.45) is 0 Å². The van der Waals surface area contributed by atoms with Gasteiger partial charge in [-0.2, -0.15) is 0 Å². The molecule has 2 amide bonds. The number of aromatic nitrogens is 2. The van der Waals surface area contributed by atoms with E-state index in [9.17, 15) is 14.0 Å². The number of aryl methyl sites for hydroxylation is 1. The van der Waals surface area contributed by atoms with Crippen molar-refractivity contribution < 1.29 is 14.0 Å². The highest BCUT2D eigenvalue weighted by Gasteiger charge is 2.10. The Labute approximate surface area is 195 Å². The lowest BCUT2D eigenvalue weighted by Crippen LogP contribution is -2.23. The van der Waals surface area contributed by atoms with Gasteiger partial charge >= 0.3 is 0 Å². The van der Waals surface area contributed by atoms with Gasteiger partial charge in [-0.25, -0.2) is 9.37 Å². The molecule has 8 heteroatoms. The normalized spacial score (nSPS) is 10.7. The summed E-state index contributed by atoms with van der Waals surface area (Å²) in [6.07, 6.45) is 6.81. The number of hydrogen-bond acceptors (Lipinski definition) is 4. The van der Waals surface area contributed by atoms with Gasteiger partial charge < -0.3 is 15.2 Å². The predicted molar refractivity (Wildman–Crippen MR) is 127 cm³/mol. The van der Waals surface area contributed by atoms with Crippen LogP contribution in [0.2, 0.25) is 0 Å². The van der Waals surface area contributed by atoms with Crippen LogP contribution in [0.15, 0.2) is 78.7 Å². The summed E-state index contributed by atoms with van der Waals surface area (Å²) in [5, 5.41) is 7.66. The molecule has 0 aliphatic rings. The van der Waals surface area contributed by atoms with Crippen molar-refractivity contribution in [2.45, 2.75) is 25.8 Å². The minimum atomic E-state index is -0.400. The van der Waals surface area contributed by atoms with Crippen molar-refractivity contribution >= 4 is 28.8 Å². The molecule has 0 aliphatic heterocycles. The highest BCUT2D eigenvalue weighted by molar-refractivity contribution is 7.09. The molecular formula is C25H23FN4O2S. The van der Waals surface area contributed by atoms with E-state index in [1.807, 2.05) is 11.4 Å². The minimum Gasteiger partial charge on any atom is -0.348 e. The number of carbonyl (C=O) groups is 2. The second kappa shape index (κ2) is 10.7. The molecule has 0 fully saturated rings. The van der Waals surface area contributed by atoms with Crippen molar-refractivity contribution in [2.75, 3.05) is 5.32 Å². The van der Waals surface area contributed by atoms with Gasteiger partial charge in [-0.05, 0) is 60.2 Å². The Morgan fingerprint density at radius 2 is 2.00 bits per heavy atom. The molecule has 2 aromatic carbocycles. The molecule has 2 N–H and O–H groups in total. The molecule has 2 aromatic heterocycles. The van der Waals surface area contributed by atoms with E-state index in [0.717, 1.165) is 12.8 Å². The highest BCUT2D eigenvalue weighted by Crippen LogP contribution is 2.16. The number of nitrogens with zero attached hydrogens (tertiary/aromatic N) is 2. The van der Waals surface area contributed by atoms with Crippen molar-refractivity contribution in [1.29, 1.82) is 0 Å². The number of anilines is 1. The fraction of sp³-hybridized carbons (Fsp3) is 0.160. The van der Waals surface area contributed by atoms with E-state index in [1.165, 1.54) is 17.3 Å². The summed E-state index contributed by atoms with van der Waals surface area (Å²) in [4.78, 5) is 30.0. The Hall–Kier alpha value is -3.78. The van der Waals surface area contributed by atoms with Crippen LogP contribution in [-0.4, -0.2) is 21.4 Å². The van der Waals surface area contributed by atoms with Crippen molar-refractivity contribution in [3.8, 4) is 5.69 Å². The third kappa shape index (κ3) is 6.14. The quantitative estimate of drug-likeness (QED) is 0.369. The zero-order valence-corrected chi connectivity index (χ0v) is 18.6. The number of amides is 2. The molecule has 4 rings (SSSR count). The Bertz CT molecular complexity index is 1220. The molecule has 0 saturated carbocycles. The number of benzene rings is 2. The number of hydrogen-bond donors (Lipinski definition) is 2. The Morgan fingerprint density at radius 1 is 1.09 bits per heavy atom. The highest BCUT2D eigenvalue weighted by atomic mass is 32.1. The van der Waals surface area contributed by atoms with Crippen LogP contribution >= 0.6 is 11.3 Å². The van der Waals surface area contributed by atoms with Gasteiger partial charge in [-0.15, -0.1) is 11.3 Å². The molecular weight excluding hydrogens is 439 g/mol. The number of carbonyl (C=O) groups excluding carboxylic acids is 2. The first kappa shape index (κ1) is 22.4. The SMILES string of the molecule is O=C(CCCc1cccs1)Nc1cccc(C(=O)NCc2ccc(-n3ccnc3)c(F)c2)c1. The van der Waals surface area contributed by atoms with Gasteiger partial charge in [0.1, 0.15) is 5.82 Å². The minimum absolute atomic E-state index is 0.0856. The molecule has 0 radical (unpaired) electrons. The summed E-state index contributed by atoms with van der Waals surface area (Å²) in [7, 11) is 0. The largest absolute Gasteiger partial charge is 0.348 e. The van der Waals surface area contributed by atoms with Crippen LogP contribution in [0.3, 0.4) is 0 Å². The summed E-state index contributed by atoms with van der Waals surface area (Å²) in [6.45, 7) is 0.180. The van der Waals surface area contributed by atoms with Crippen molar-refractivity contribution in [3.63, 3.8) is 0 Å². The van der Waals surface area contributed by atoms with Crippen molar-refractivity contribution in [3.05, 3.63) is 101 Å². The molecule has 2 heterocycles. The first-order chi connectivity index (χ1) is 16.1. The zero-order valence-electron chi connectivity index (χ0n) is 17.8. The Kier molecular flexibility index (Phi) is 7.26.